The van der Waals surface area contributed by atoms with Crippen LogP contribution in [0.25, 0.3) is 0 Å². The van der Waals surface area contributed by atoms with Crippen LogP contribution in [-0.4, -0.2) is 456 Å². The lowest BCUT2D eigenvalue weighted by Gasteiger charge is -2.72. The minimum Gasteiger partial charge on any atom is -0.458 e. The van der Waals surface area contributed by atoms with E-state index in [1.807, 2.05) is 20.8 Å². The van der Waals surface area contributed by atoms with Crippen molar-refractivity contribution in [2.24, 2.45) is 50.2 Å². The summed E-state index contributed by atoms with van der Waals surface area (Å²) in [6.07, 6.45) is -60.6. The highest BCUT2D eigenvalue weighted by molar-refractivity contribution is 5.89. The molecule has 0 bridgehead atoms. The predicted molar refractivity (Wildman–Crippen MR) is 490 cm³/mol. The van der Waals surface area contributed by atoms with Crippen molar-refractivity contribution in [3.63, 3.8) is 0 Å². The minimum atomic E-state index is -2.30. The summed E-state index contributed by atoms with van der Waals surface area (Å²) in [5.74, 6) is -5.48. The molecule has 12 fully saturated rings. The second-order valence-corrected chi connectivity index (χ2v) is 44.1. The van der Waals surface area contributed by atoms with Gasteiger partial charge in [0, 0.05) is 18.8 Å². The SMILES string of the molecule is C=C[C@@](C)(O)CC/C=C(/CO)C(=O)O[C@H]1[C@H](O)[C@@H](O)[C@H](O[C@](C)(C=C)CC/C=C(/CO)C(=O)O[C@H]2C[C@]3(C(=O)O[C@H]4O[C@H](CO)[C@@H](O)[C@H](O)[C@H]4O[C@H]4O[C@@H](C)[C@H](O[C@@H]5O[C@@H](CO)[C@H](O)[C@H]5O)[C@@H](O[C@@H]5O[C@H](CO)[C@@H](O)[C@H](O)[C@H]5O)[C@H]4O)[C@H](O)C[C@]4(C)C(=CC[C@@H]5[C@@]6(C)CC[C@H](O[C@@H]7O[C@H](CO[C@H]8O[C@@H](C)[C@@H](O)[C@@H](O)[C@@H]8O[C@@H]8OC[C@@H](O)[C@H](O)[C@H]8O)[C@@H](O)[C@H](O)[C@H]7NC(C)=O)C(C)(C)[C@@H]6CC[C@]54C)[C@H]3CC2(C)C)O[C@@H]1C. The Balaban J connectivity index is 0.788. The first-order valence-corrected chi connectivity index (χ1v) is 50.0. The fraction of sp³-hybridized carbons (Fsp3) is 0.857. The number of fused-ring (bicyclic) bond motifs is 7. The topological polar surface area (TPSA) is 732 Å². The lowest BCUT2D eigenvalue weighted by atomic mass is 9.33. The molecule has 1 amide bonds. The highest BCUT2D eigenvalue weighted by Crippen LogP contribution is 2.76. The van der Waals surface area contributed by atoms with Crippen LogP contribution in [-0.2, 0) is 104 Å². The molecule has 8 heterocycles. The molecule has 47 heteroatoms. The largest absolute Gasteiger partial charge is 0.458 e. The van der Waals surface area contributed by atoms with Crippen molar-refractivity contribution >= 4 is 23.8 Å². The van der Waals surface area contributed by atoms with Crippen LogP contribution in [0.15, 0.2) is 60.3 Å². The minimum absolute atomic E-state index is 0.0571. The Morgan fingerprint density at radius 2 is 0.979 bits per heavy atom. The van der Waals surface area contributed by atoms with E-state index < -0.39 is 378 Å². The van der Waals surface area contributed by atoms with Gasteiger partial charge in [-0.2, -0.15) is 0 Å². The molecule has 0 spiro atoms. The van der Waals surface area contributed by atoms with Gasteiger partial charge in [0.05, 0.1) is 99.1 Å². The van der Waals surface area contributed by atoms with E-state index in [1.165, 1.54) is 58.9 Å². The van der Waals surface area contributed by atoms with Crippen LogP contribution < -0.4 is 5.32 Å². The Labute approximate surface area is 839 Å². The van der Waals surface area contributed by atoms with Gasteiger partial charge in [0.2, 0.25) is 12.2 Å². The smallest absolute Gasteiger partial charge is 0.336 e. The zero-order valence-corrected chi connectivity index (χ0v) is 83.9. The van der Waals surface area contributed by atoms with Gasteiger partial charge in [-0.15, -0.1) is 13.2 Å². The number of allylic oxidation sites excluding steroid dienone is 4. The summed E-state index contributed by atoms with van der Waals surface area (Å²) < 4.78 is 110. The maximum absolute atomic E-state index is 16.9. The van der Waals surface area contributed by atoms with Crippen molar-refractivity contribution in [3.05, 3.63) is 60.3 Å². The van der Waals surface area contributed by atoms with E-state index in [0.717, 1.165) is 0 Å². The number of amides is 1. The van der Waals surface area contributed by atoms with E-state index in [9.17, 15) is 132 Å². The number of aliphatic hydroxyl groups excluding tert-OH is 23. The fourth-order valence-corrected chi connectivity index (χ4v) is 24.7. The molecule has 13 rings (SSSR count). The van der Waals surface area contributed by atoms with Gasteiger partial charge in [0.25, 0.3) is 0 Å². The van der Waals surface area contributed by atoms with Crippen molar-refractivity contribution in [1.29, 1.82) is 0 Å². The van der Waals surface area contributed by atoms with Gasteiger partial charge in [0.1, 0.15) is 164 Å². The predicted octanol–water partition coefficient (Wildman–Crippen LogP) is -5.92. The molecule has 50 atom stereocenters. The van der Waals surface area contributed by atoms with Gasteiger partial charge in [0.15, 0.2) is 56.2 Å². The second-order valence-electron chi connectivity index (χ2n) is 44.1. The fourth-order valence-electron chi connectivity index (χ4n) is 24.7. The Hall–Kier alpha value is -4.98. The second kappa shape index (κ2) is 46.4. The van der Waals surface area contributed by atoms with Crippen molar-refractivity contribution in [2.75, 3.05) is 46.2 Å². The molecule has 47 nitrogen and oxygen atoms in total. The average molecular weight is 2080 g/mol. The monoisotopic (exact) mass is 2080 g/mol. The molecule has 145 heavy (non-hydrogen) atoms. The molecule has 4 saturated carbocycles. The first-order valence-electron chi connectivity index (χ1n) is 50.0. The standard InChI is InChI=1S/C98H155NO46/c1-16-93(11,127)26-18-20-45(34-101)81(125)139-75-41(4)132-87(73(122)69(75)118)145-94(12,17-2)27-19-21-44(33-100)80(124)137-57-32-98(90(126)144-89-79(68(117)62(111)50(36-103)135-89)143-86-74(123)77(141-85-72(121)66(115)61(110)49(35-102)133-85)76(42(5)131-86)140-84-71(120)63(112)51(37-104)134-84)47(30-91(57,7)8)46-22-23-54-95(13)28-25-56(92(9,10)53(95)24-29-96(54,14)97(46,15)31-55(98)107)138-82-58(99-43(6)105)65(114)64(113)52(136-82)39-129-88-78(67(116)59(108)40(3)130-88)142-83-70(119)60(109)48(106)38-128-83/h16-17,20-22,40-42,47-79,82-89,100-104,106-123,127H,1-2,18-19,23-39H2,3-15H3,(H,99,105)/b44-21-,45-20-/t40-,41+,42-,47+,48+,49+,50+,51-,52+,53-,54+,55+,56-,57-,58+,59+,60-,61+,62+,63-,64+,65+,66-,67+,68-,69+,70+,71+,72+,73+,74+,75+,76-,77-,78-,79+,82-,83-,84-,85-,86+,87-,88-,89+,93+,94+,95-,96+,97+,98+/m0/s1. The first kappa shape index (κ1) is 117. The highest BCUT2D eigenvalue weighted by Gasteiger charge is 2.74. The van der Waals surface area contributed by atoms with Gasteiger partial charge in [-0.05, 0) is 145 Å². The van der Waals surface area contributed by atoms with E-state index in [0.29, 0.717) is 37.7 Å². The molecule has 0 aromatic rings. The number of esters is 3. The lowest BCUT2D eigenvalue weighted by molar-refractivity contribution is -0.390. The van der Waals surface area contributed by atoms with E-state index in [-0.39, 0.29) is 61.5 Å². The number of nitrogens with one attached hydrogen (secondary N) is 1. The van der Waals surface area contributed by atoms with Crippen molar-refractivity contribution in [2.45, 2.75) is 430 Å². The van der Waals surface area contributed by atoms with Gasteiger partial charge < -0.3 is 213 Å². The first-order chi connectivity index (χ1) is 68.0. The van der Waals surface area contributed by atoms with Crippen LogP contribution in [0, 0.1) is 50.2 Å². The highest BCUT2D eigenvalue weighted by atomic mass is 16.8. The van der Waals surface area contributed by atoms with Gasteiger partial charge >= 0.3 is 17.9 Å². The third-order valence-electron chi connectivity index (χ3n) is 34.0. The Morgan fingerprint density at radius 1 is 0.476 bits per heavy atom. The normalized spacial score (nSPS) is 47.7. The number of hydrogen-bond acceptors (Lipinski definition) is 46. The number of carbonyl (C=O) groups is 4. The molecule has 0 aromatic carbocycles. The molecule has 8 saturated heterocycles. The molecule has 8 aliphatic heterocycles. The van der Waals surface area contributed by atoms with Crippen LogP contribution >= 0.6 is 0 Å². The zero-order chi connectivity index (χ0) is 107. The number of aliphatic hydroxyl groups is 24. The lowest BCUT2D eigenvalue weighted by Crippen LogP contribution is -2.70. The third kappa shape index (κ3) is 23.0. The van der Waals surface area contributed by atoms with Crippen LogP contribution in [0.3, 0.4) is 0 Å². The van der Waals surface area contributed by atoms with Crippen molar-refractivity contribution in [1.82, 2.24) is 5.32 Å². The van der Waals surface area contributed by atoms with E-state index in [4.69, 9.17) is 85.3 Å². The number of carbonyl (C=O) groups excluding carboxylic acids is 4. The van der Waals surface area contributed by atoms with Crippen molar-refractivity contribution in [3.8, 4) is 0 Å². The average Bonchev–Trinajstić information content (AvgIpc) is 1.26. The summed E-state index contributed by atoms with van der Waals surface area (Å²) in [5.41, 5.74) is -9.16. The van der Waals surface area contributed by atoms with Gasteiger partial charge in [-0.3, -0.25) is 9.59 Å². The summed E-state index contributed by atoms with van der Waals surface area (Å²) in [7, 11) is 0. The number of ether oxygens (including phenoxy) is 18. The molecule has 0 aromatic heterocycles. The summed E-state index contributed by atoms with van der Waals surface area (Å²) in [6.45, 7) is 24.5. The Kier molecular flexibility index (Phi) is 37.4. The zero-order valence-electron chi connectivity index (χ0n) is 83.9. The maximum atomic E-state index is 16.9. The molecule has 13 aliphatic rings. The van der Waals surface area contributed by atoms with Gasteiger partial charge in [-0.1, -0.05) is 84.4 Å². The van der Waals surface area contributed by atoms with E-state index in [1.54, 1.807) is 20.8 Å². The molecular weight excluding hydrogens is 1930 g/mol. The van der Waals surface area contributed by atoms with Crippen LogP contribution in [0.5, 0.6) is 0 Å². The summed E-state index contributed by atoms with van der Waals surface area (Å²) in [6, 6.07) is -1.38. The molecule has 0 unspecified atom stereocenters. The summed E-state index contributed by atoms with van der Waals surface area (Å²) >= 11 is 0. The number of hydrogen-bond donors (Lipinski definition) is 25. The van der Waals surface area contributed by atoms with Crippen LogP contribution in [0.2, 0.25) is 0 Å². The van der Waals surface area contributed by atoms with Gasteiger partial charge in [-0.25, -0.2) is 9.59 Å². The Morgan fingerprint density at radius 3 is 1.59 bits per heavy atom. The summed E-state index contributed by atoms with van der Waals surface area (Å²) in [5, 5.41) is 272. The van der Waals surface area contributed by atoms with Crippen molar-refractivity contribution < 1.29 is 227 Å². The molecule has 25 N–H and O–H groups in total. The van der Waals surface area contributed by atoms with Crippen LogP contribution in [0.4, 0.5) is 0 Å². The van der Waals surface area contributed by atoms with Crippen LogP contribution in [0.1, 0.15) is 167 Å². The summed E-state index contributed by atoms with van der Waals surface area (Å²) in [4.78, 5) is 58.4. The molecule has 828 valence electrons. The maximum Gasteiger partial charge on any atom is 0.336 e. The third-order valence-corrected chi connectivity index (χ3v) is 34.0. The quantitative estimate of drug-likeness (QED) is 0.00924. The van der Waals surface area contributed by atoms with E-state index >= 15 is 9.59 Å². The Bertz CT molecular complexity index is 4490. The number of rotatable bonds is 35. The molecule has 0 radical (unpaired) electrons. The molecular formula is C98H155NO46. The van der Waals surface area contributed by atoms with E-state index in [2.05, 4.69) is 38.4 Å². The molecule has 5 aliphatic carbocycles.